The summed E-state index contributed by atoms with van der Waals surface area (Å²) in [6.45, 7) is 0. The zero-order valence-corrected chi connectivity index (χ0v) is 11.9. The van der Waals surface area contributed by atoms with Gasteiger partial charge in [-0.15, -0.1) is 0 Å². The molecule has 19 heavy (non-hydrogen) atoms. The Morgan fingerprint density at radius 3 is 2.58 bits per heavy atom. The van der Waals surface area contributed by atoms with Crippen molar-refractivity contribution in [3.63, 3.8) is 0 Å². The van der Waals surface area contributed by atoms with Crippen LogP contribution in [0.15, 0.2) is 40.9 Å². The van der Waals surface area contributed by atoms with Crippen molar-refractivity contribution in [2.45, 2.75) is 0 Å². The normalized spacial score (nSPS) is 10.2. The van der Waals surface area contributed by atoms with E-state index in [1.807, 2.05) is 0 Å². The molecule has 0 aliphatic heterocycles. The Kier molecular flexibility index (Phi) is 3.92. The van der Waals surface area contributed by atoms with Crippen LogP contribution >= 0.6 is 27.5 Å². The first kappa shape index (κ1) is 13.6. The molecule has 0 heterocycles. The van der Waals surface area contributed by atoms with Gasteiger partial charge in [0.05, 0.1) is 21.3 Å². The van der Waals surface area contributed by atoms with E-state index >= 15 is 0 Å². The highest BCUT2D eigenvalue weighted by Crippen LogP contribution is 2.30. The zero-order valence-electron chi connectivity index (χ0n) is 9.56. The second-order valence-electron chi connectivity index (χ2n) is 3.78. The van der Waals surface area contributed by atoms with Crippen molar-refractivity contribution in [3.05, 3.63) is 56.0 Å². The Balaban J connectivity index is 2.28. The first-order valence-corrected chi connectivity index (χ1v) is 6.40. The molecule has 0 aliphatic carbocycles. The highest BCUT2D eigenvalue weighted by molar-refractivity contribution is 9.10. The fraction of sp³-hybridized carbons (Fsp3) is 0. The monoisotopic (exact) mass is 341 g/mol. The average molecular weight is 343 g/mol. The molecule has 0 radical (unpaired) electrons. The Hall–Kier alpha value is -1.79. The molecule has 0 aliphatic rings. The molecule has 0 spiro atoms. The van der Waals surface area contributed by atoms with Crippen LogP contribution in [0, 0.1) is 10.1 Å². The lowest BCUT2D eigenvalue weighted by Gasteiger charge is -2.10. The number of rotatable bonds is 3. The van der Waals surface area contributed by atoms with E-state index in [2.05, 4.69) is 21.2 Å². The summed E-state index contributed by atoms with van der Waals surface area (Å²) in [6, 6.07) is 9.58. The molecule has 0 aromatic heterocycles. The molecule has 0 unspecified atom stereocenters. The number of nitro benzene ring substituents is 1. The zero-order chi connectivity index (χ0) is 14.0. The van der Waals surface area contributed by atoms with Crippen molar-refractivity contribution in [2.24, 2.45) is 0 Å². The van der Waals surface area contributed by atoms with E-state index in [-0.39, 0.29) is 5.69 Å². The molecule has 0 atom stereocenters. The predicted octanol–water partition coefficient (Wildman–Crippen LogP) is 4.34. The van der Waals surface area contributed by atoms with Crippen molar-refractivity contribution >= 4 is 50.3 Å². The molecule has 5 nitrogen and oxygen atoms in total. The van der Waals surface area contributed by atoms with Crippen LogP contribution in [-0.2, 0) is 0 Å². The Labute approximate surface area is 122 Å². The van der Waals surface area contributed by atoms with Gasteiger partial charge in [0.25, 0.3) is 5.69 Å². The molecule has 2 rings (SSSR count). The third kappa shape index (κ3) is 3.15. The van der Waals surface area contributed by atoms with E-state index in [1.165, 1.54) is 12.1 Å². The van der Waals surface area contributed by atoms with Crippen LogP contribution in [0.2, 0.25) is 5.02 Å². The maximum Gasteiger partial charge on any atom is 0.271 e. The quantitative estimate of drug-likeness (QED) is 0.494. The van der Waals surface area contributed by atoms with Crippen LogP contribution in [0.25, 0.3) is 0 Å². The third-order valence-corrected chi connectivity index (χ3v) is 3.66. The van der Waals surface area contributed by atoms with Gasteiger partial charge in [0.2, 0.25) is 0 Å². The number of anilines is 3. The van der Waals surface area contributed by atoms with E-state index in [0.717, 1.165) is 10.2 Å². The van der Waals surface area contributed by atoms with E-state index in [1.54, 1.807) is 24.3 Å². The van der Waals surface area contributed by atoms with Crippen molar-refractivity contribution < 1.29 is 4.92 Å². The SMILES string of the molecule is Nc1cc([N+](=O)[O-])ccc1Nc1ccc(Cl)c(Br)c1. The summed E-state index contributed by atoms with van der Waals surface area (Å²) in [5.41, 5.74) is 7.41. The number of non-ortho nitro benzene ring substituents is 1. The molecule has 0 amide bonds. The summed E-state index contributed by atoms with van der Waals surface area (Å²) in [4.78, 5) is 10.1. The Morgan fingerprint density at radius 1 is 1.26 bits per heavy atom. The first-order valence-electron chi connectivity index (χ1n) is 5.23. The number of nitrogens with zero attached hydrogens (tertiary/aromatic N) is 1. The number of nitrogen functional groups attached to an aromatic ring is 1. The van der Waals surface area contributed by atoms with E-state index < -0.39 is 4.92 Å². The highest BCUT2D eigenvalue weighted by atomic mass is 79.9. The number of nitrogens with two attached hydrogens (primary N) is 1. The fourth-order valence-electron chi connectivity index (χ4n) is 1.51. The van der Waals surface area contributed by atoms with Gasteiger partial charge in [0.1, 0.15) is 0 Å². The van der Waals surface area contributed by atoms with Gasteiger partial charge in [0.15, 0.2) is 0 Å². The molecule has 0 saturated carbocycles. The molecule has 98 valence electrons. The molecule has 2 aromatic carbocycles. The van der Waals surface area contributed by atoms with Crippen molar-refractivity contribution in [1.29, 1.82) is 0 Å². The van der Waals surface area contributed by atoms with Gasteiger partial charge in [0, 0.05) is 22.3 Å². The molecule has 3 N–H and O–H groups in total. The van der Waals surface area contributed by atoms with Gasteiger partial charge in [-0.2, -0.15) is 0 Å². The highest BCUT2D eigenvalue weighted by Gasteiger charge is 2.09. The van der Waals surface area contributed by atoms with Gasteiger partial charge in [-0.05, 0) is 40.2 Å². The lowest BCUT2D eigenvalue weighted by Crippen LogP contribution is -1.98. The summed E-state index contributed by atoms with van der Waals surface area (Å²) in [6.07, 6.45) is 0. The van der Waals surface area contributed by atoms with Crippen molar-refractivity contribution in [3.8, 4) is 0 Å². The molecule has 0 bridgehead atoms. The Bertz CT molecular complexity index is 649. The minimum absolute atomic E-state index is 0.0414. The summed E-state index contributed by atoms with van der Waals surface area (Å²) in [7, 11) is 0. The second-order valence-corrected chi connectivity index (χ2v) is 5.04. The van der Waals surface area contributed by atoms with Gasteiger partial charge in [-0.25, -0.2) is 0 Å². The lowest BCUT2D eigenvalue weighted by atomic mass is 10.2. The van der Waals surface area contributed by atoms with Crippen molar-refractivity contribution in [1.82, 2.24) is 0 Å². The standard InChI is InChI=1S/C12H9BrClN3O2/c13-9-5-7(1-3-10(9)14)16-12-4-2-8(17(18)19)6-11(12)15/h1-6,16H,15H2. The number of hydrogen-bond donors (Lipinski definition) is 2. The maximum atomic E-state index is 10.6. The summed E-state index contributed by atoms with van der Waals surface area (Å²) in [5.74, 6) is 0. The van der Waals surface area contributed by atoms with Gasteiger partial charge in [-0.3, -0.25) is 10.1 Å². The van der Waals surface area contributed by atoms with Crippen LogP contribution in [0.5, 0.6) is 0 Å². The molecule has 7 heteroatoms. The number of nitrogens with one attached hydrogen (secondary N) is 1. The molecule has 0 fully saturated rings. The van der Waals surface area contributed by atoms with Crippen molar-refractivity contribution in [2.75, 3.05) is 11.1 Å². The van der Waals surface area contributed by atoms with Crippen LogP contribution in [0.3, 0.4) is 0 Å². The van der Waals surface area contributed by atoms with Gasteiger partial charge in [-0.1, -0.05) is 11.6 Å². The van der Waals surface area contributed by atoms with Crippen LogP contribution in [0.4, 0.5) is 22.7 Å². The molecule has 0 saturated heterocycles. The van der Waals surface area contributed by atoms with E-state index in [9.17, 15) is 10.1 Å². The van der Waals surface area contributed by atoms with E-state index in [4.69, 9.17) is 17.3 Å². The minimum atomic E-state index is -0.487. The van der Waals surface area contributed by atoms with Gasteiger partial charge >= 0.3 is 0 Å². The number of hydrogen-bond acceptors (Lipinski definition) is 4. The lowest BCUT2D eigenvalue weighted by molar-refractivity contribution is -0.384. The first-order chi connectivity index (χ1) is 8.97. The largest absolute Gasteiger partial charge is 0.397 e. The third-order valence-electron chi connectivity index (χ3n) is 2.44. The second kappa shape index (κ2) is 5.46. The topological polar surface area (TPSA) is 81.2 Å². The summed E-state index contributed by atoms with van der Waals surface area (Å²) < 4.78 is 0.750. The molecular weight excluding hydrogens is 334 g/mol. The predicted molar refractivity (Wildman–Crippen MR) is 79.9 cm³/mol. The van der Waals surface area contributed by atoms with Gasteiger partial charge < -0.3 is 11.1 Å². The van der Waals surface area contributed by atoms with Crippen LogP contribution < -0.4 is 11.1 Å². The fourth-order valence-corrected chi connectivity index (χ4v) is 2.00. The Morgan fingerprint density at radius 2 is 2.00 bits per heavy atom. The average Bonchev–Trinajstić information content (AvgIpc) is 2.36. The number of halogens is 2. The van der Waals surface area contributed by atoms with Crippen LogP contribution in [0.1, 0.15) is 0 Å². The molecule has 2 aromatic rings. The maximum absolute atomic E-state index is 10.6. The minimum Gasteiger partial charge on any atom is -0.397 e. The number of benzene rings is 2. The summed E-state index contributed by atoms with van der Waals surface area (Å²) in [5, 5.41) is 14.3. The van der Waals surface area contributed by atoms with Crippen LogP contribution in [-0.4, -0.2) is 4.92 Å². The summed E-state index contributed by atoms with van der Waals surface area (Å²) >= 11 is 9.21. The smallest absolute Gasteiger partial charge is 0.271 e. The number of nitro groups is 1. The molecular formula is C12H9BrClN3O2. The van der Waals surface area contributed by atoms with E-state index in [0.29, 0.717) is 16.4 Å².